The Labute approximate surface area is 103 Å². The Morgan fingerprint density at radius 1 is 1.41 bits per heavy atom. The van der Waals surface area contributed by atoms with Crippen molar-refractivity contribution in [2.75, 3.05) is 5.32 Å². The van der Waals surface area contributed by atoms with Crippen molar-refractivity contribution in [3.63, 3.8) is 0 Å². The molecule has 88 valence electrons. The highest BCUT2D eigenvalue weighted by Gasteiger charge is 2.08. The monoisotopic (exact) mass is 250 g/mol. The molecule has 0 fully saturated rings. The van der Waals surface area contributed by atoms with Gasteiger partial charge in [-0.25, -0.2) is 0 Å². The van der Waals surface area contributed by atoms with Gasteiger partial charge in [-0.2, -0.15) is 4.98 Å². The summed E-state index contributed by atoms with van der Waals surface area (Å²) >= 11 is 5.67. The van der Waals surface area contributed by atoms with E-state index in [0.717, 1.165) is 5.56 Å². The molecule has 0 unspecified atom stereocenters. The fourth-order valence-electron chi connectivity index (χ4n) is 1.32. The number of aromatic amines is 1. The second-order valence-corrected chi connectivity index (χ2v) is 3.80. The summed E-state index contributed by atoms with van der Waals surface area (Å²) in [7, 11) is 0. The van der Waals surface area contributed by atoms with E-state index in [0.29, 0.717) is 17.3 Å². The molecule has 1 aromatic heterocycles. The van der Waals surface area contributed by atoms with E-state index in [4.69, 9.17) is 11.6 Å². The first-order valence-corrected chi connectivity index (χ1v) is 5.58. The minimum Gasteiger partial charge on any atom is -0.289 e. The van der Waals surface area contributed by atoms with Crippen molar-refractivity contribution in [1.82, 2.24) is 15.2 Å². The summed E-state index contributed by atoms with van der Waals surface area (Å²) in [4.78, 5) is 15.8. The SMILES string of the molecule is Cc1nc(NC(=O)c2ccc(CCl)cc2)n[nH]1. The number of amides is 1. The van der Waals surface area contributed by atoms with Gasteiger partial charge in [0.1, 0.15) is 5.82 Å². The zero-order chi connectivity index (χ0) is 12.3. The van der Waals surface area contributed by atoms with Gasteiger partial charge >= 0.3 is 0 Å². The molecule has 2 aromatic rings. The number of rotatable bonds is 3. The first kappa shape index (κ1) is 11.6. The first-order valence-electron chi connectivity index (χ1n) is 5.04. The largest absolute Gasteiger partial charge is 0.289 e. The topological polar surface area (TPSA) is 70.7 Å². The third-order valence-electron chi connectivity index (χ3n) is 2.19. The predicted octanol–water partition coefficient (Wildman–Crippen LogP) is 2.10. The minimum absolute atomic E-state index is 0.245. The number of nitrogens with zero attached hydrogens (tertiary/aromatic N) is 2. The summed E-state index contributed by atoms with van der Waals surface area (Å²) in [6.45, 7) is 1.76. The number of hydrogen-bond donors (Lipinski definition) is 2. The van der Waals surface area contributed by atoms with Gasteiger partial charge in [-0.05, 0) is 24.6 Å². The maximum Gasteiger partial charge on any atom is 0.258 e. The molecular formula is C11H11ClN4O. The standard InChI is InChI=1S/C11H11ClN4O/c1-7-13-11(16-15-7)14-10(17)9-4-2-8(6-12)3-5-9/h2-5H,6H2,1H3,(H2,13,14,15,16,17). The summed E-state index contributed by atoms with van der Waals surface area (Å²) < 4.78 is 0. The van der Waals surface area contributed by atoms with E-state index in [1.807, 2.05) is 12.1 Å². The first-order chi connectivity index (χ1) is 8.19. The van der Waals surface area contributed by atoms with Crippen molar-refractivity contribution in [2.24, 2.45) is 0 Å². The molecule has 1 amide bonds. The molecule has 0 aliphatic carbocycles. The van der Waals surface area contributed by atoms with Crippen molar-refractivity contribution < 1.29 is 4.79 Å². The van der Waals surface area contributed by atoms with Crippen molar-refractivity contribution >= 4 is 23.5 Å². The number of hydrogen-bond acceptors (Lipinski definition) is 3. The Morgan fingerprint density at radius 2 is 2.12 bits per heavy atom. The normalized spacial score (nSPS) is 10.2. The second-order valence-electron chi connectivity index (χ2n) is 3.53. The van der Waals surface area contributed by atoms with Crippen molar-refractivity contribution in [1.29, 1.82) is 0 Å². The molecule has 0 saturated carbocycles. The third kappa shape index (κ3) is 2.82. The number of H-pyrrole nitrogens is 1. The van der Waals surface area contributed by atoms with Gasteiger partial charge in [-0.3, -0.25) is 15.2 Å². The Bertz CT molecular complexity index is 521. The Balaban J connectivity index is 2.09. The van der Waals surface area contributed by atoms with Crippen LogP contribution in [0.15, 0.2) is 24.3 Å². The Morgan fingerprint density at radius 3 is 2.65 bits per heavy atom. The molecular weight excluding hydrogens is 240 g/mol. The summed E-state index contributed by atoms with van der Waals surface area (Å²) in [5.74, 6) is 1.11. The molecule has 2 rings (SSSR count). The van der Waals surface area contributed by atoms with Crippen LogP contribution >= 0.6 is 11.6 Å². The predicted molar refractivity (Wildman–Crippen MR) is 65.1 cm³/mol. The number of alkyl halides is 1. The fourth-order valence-corrected chi connectivity index (χ4v) is 1.50. The third-order valence-corrected chi connectivity index (χ3v) is 2.50. The molecule has 0 aliphatic rings. The number of carbonyl (C=O) groups excluding carboxylic acids is 1. The van der Waals surface area contributed by atoms with Crippen LogP contribution in [0.2, 0.25) is 0 Å². The van der Waals surface area contributed by atoms with Gasteiger partial charge in [0.15, 0.2) is 0 Å². The van der Waals surface area contributed by atoms with E-state index in [1.165, 1.54) is 0 Å². The lowest BCUT2D eigenvalue weighted by atomic mass is 10.1. The van der Waals surface area contributed by atoms with E-state index in [9.17, 15) is 4.79 Å². The molecule has 17 heavy (non-hydrogen) atoms. The van der Waals surface area contributed by atoms with Gasteiger partial charge in [-0.1, -0.05) is 12.1 Å². The number of aryl methyl sites for hydroxylation is 1. The lowest BCUT2D eigenvalue weighted by molar-refractivity contribution is 0.102. The number of aromatic nitrogens is 3. The summed E-state index contributed by atoms with van der Waals surface area (Å²) in [6, 6.07) is 7.05. The number of benzene rings is 1. The van der Waals surface area contributed by atoms with E-state index in [-0.39, 0.29) is 11.9 Å². The Hall–Kier alpha value is -1.88. The van der Waals surface area contributed by atoms with Gasteiger partial charge < -0.3 is 0 Å². The van der Waals surface area contributed by atoms with Gasteiger partial charge in [-0.15, -0.1) is 16.7 Å². The van der Waals surface area contributed by atoms with Crippen LogP contribution in [-0.2, 0) is 5.88 Å². The lowest BCUT2D eigenvalue weighted by Crippen LogP contribution is -2.12. The maximum absolute atomic E-state index is 11.8. The number of anilines is 1. The van der Waals surface area contributed by atoms with Crippen LogP contribution in [0.25, 0.3) is 0 Å². The molecule has 0 atom stereocenters. The van der Waals surface area contributed by atoms with Crippen LogP contribution in [0, 0.1) is 6.92 Å². The fraction of sp³-hybridized carbons (Fsp3) is 0.182. The molecule has 0 radical (unpaired) electrons. The van der Waals surface area contributed by atoms with Crippen LogP contribution in [-0.4, -0.2) is 21.1 Å². The van der Waals surface area contributed by atoms with Crippen molar-refractivity contribution in [2.45, 2.75) is 12.8 Å². The smallest absolute Gasteiger partial charge is 0.258 e. The lowest BCUT2D eigenvalue weighted by Gasteiger charge is -2.01. The molecule has 0 saturated heterocycles. The number of halogens is 1. The highest BCUT2D eigenvalue weighted by molar-refractivity contribution is 6.17. The van der Waals surface area contributed by atoms with E-state index in [2.05, 4.69) is 20.5 Å². The van der Waals surface area contributed by atoms with Crippen molar-refractivity contribution in [3.05, 3.63) is 41.2 Å². The van der Waals surface area contributed by atoms with Gasteiger partial charge in [0.25, 0.3) is 5.91 Å². The quantitative estimate of drug-likeness (QED) is 0.820. The maximum atomic E-state index is 11.8. The zero-order valence-corrected chi connectivity index (χ0v) is 9.95. The van der Waals surface area contributed by atoms with Gasteiger partial charge in [0.05, 0.1) is 0 Å². The molecule has 0 spiro atoms. The van der Waals surface area contributed by atoms with Crippen molar-refractivity contribution in [3.8, 4) is 0 Å². The molecule has 0 aliphatic heterocycles. The molecule has 2 N–H and O–H groups in total. The Kier molecular flexibility index (Phi) is 3.39. The van der Waals surface area contributed by atoms with E-state index in [1.54, 1.807) is 19.1 Å². The zero-order valence-electron chi connectivity index (χ0n) is 9.20. The second kappa shape index (κ2) is 4.97. The number of nitrogens with one attached hydrogen (secondary N) is 2. The van der Waals surface area contributed by atoms with Crippen LogP contribution in [0.4, 0.5) is 5.95 Å². The highest BCUT2D eigenvalue weighted by Crippen LogP contribution is 2.08. The highest BCUT2D eigenvalue weighted by atomic mass is 35.5. The summed E-state index contributed by atoms with van der Waals surface area (Å²) in [5.41, 5.74) is 1.51. The summed E-state index contributed by atoms with van der Waals surface area (Å²) in [6.07, 6.45) is 0. The summed E-state index contributed by atoms with van der Waals surface area (Å²) in [5, 5.41) is 9.07. The molecule has 1 aromatic carbocycles. The average Bonchev–Trinajstić information content (AvgIpc) is 2.75. The van der Waals surface area contributed by atoms with E-state index >= 15 is 0 Å². The average molecular weight is 251 g/mol. The van der Waals surface area contributed by atoms with Gasteiger partial charge in [0, 0.05) is 11.4 Å². The molecule has 0 bridgehead atoms. The number of carbonyl (C=O) groups is 1. The van der Waals surface area contributed by atoms with Crippen LogP contribution < -0.4 is 5.32 Å². The van der Waals surface area contributed by atoms with E-state index < -0.39 is 0 Å². The molecule has 5 nitrogen and oxygen atoms in total. The van der Waals surface area contributed by atoms with Gasteiger partial charge in [0.2, 0.25) is 5.95 Å². The van der Waals surface area contributed by atoms with Crippen LogP contribution in [0.5, 0.6) is 0 Å². The van der Waals surface area contributed by atoms with Crippen LogP contribution in [0.3, 0.4) is 0 Å². The molecule has 1 heterocycles. The molecule has 6 heteroatoms. The van der Waals surface area contributed by atoms with Crippen LogP contribution in [0.1, 0.15) is 21.7 Å². The minimum atomic E-state index is -0.245.